The van der Waals surface area contributed by atoms with E-state index in [-0.39, 0.29) is 12.0 Å². The van der Waals surface area contributed by atoms with E-state index in [1.165, 1.54) is 11.8 Å². The van der Waals surface area contributed by atoms with Crippen molar-refractivity contribution in [3.63, 3.8) is 0 Å². The minimum Gasteiger partial charge on any atom is -0.457 e. The average molecular weight is 361 g/mol. The molecule has 2 amide bonds. The fourth-order valence-electron chi connectivity index (χ4n) is 2.43. The summed E-state index contributed by atoms with van der Waals surface area (Å²) in [5, 5.41) is 3.29. The van der Waals surface area contributed by atoms with Crippen LogP contribution in [0.1, 0.15) is 6.92 Å². The Morgan fingerprint density at radius 3 is 2.40 bits per heavy atom. The van der Waals surface area contributed by atoms with Gasteiger partial charge in [0.1, 0.15) is 17.6 Å². The number of nitrogens with zero attached hydrogens (tertiary/aromatic N) is 1. The molecule has 0 radical (unpaired) electrons. The van der Waals surface area contributed by atoms with Crippen molar-refractivity contribution in [3.8, 4) is 11.5 Å². The van der Waals surface area contributed by atoms with E-state index in [0.717, 1.165) is 0 Å². The number of halogens is 1. The van der Waals surface area contributed by atoms with Crippen molar-refractivity contribution in [1.29, 1.82) is 0 Å². The Bertz CT molecular complexity index is 762. The number of carbonyl (C=O) groups is 2. The van der Waals surface area contributed by atoms with E-state index in [4.69, 9.17) is 21.1 Å². The monoisotopic (exact) mass is 360 g/mol. The highest BCUT2D eigenvalue weighted by atomic mass is 35.5. The third kappa shape index (κ3) is 4.42. The summed E-state index contributed by atoms with van der Waals surface area (Å²) in [6.45, 7) is 2.11. The molecule has 0 bridgehead atoms. The van der Waals surface area contributed by atoms with E-state index in [2.05, 4.69) is 5.32 Å². The molecule has 7 heteroatoms. The van der Waals surface area contributed by atoms with Crippen molar-refractivity contribution in [2.45, 2.75) is 13.0 Å². The molecule has 0 aliphatic carbocycles. The van der Waals surface area contributed by atoms with Crippen molar-refractivity contribution >= 4 is 29.3 Å². The molecule has 1 atom stereocenters. The van der Waals surface area contributed by atoms with Crippen LogP contribution in [0.4, 0.5) is 10.5 Å². The Kier molecular flexibility index (Phi) is 5.09. The first-order valence-corrected chi connectivity index (χ1v) is 8.15. The van der Waals surface area contributed by atoms with Crippen molar-refractivity contribution in [1.82, 2.24) is 5.32 Å². The van der Waals surface area contributed by atoms with Crippen LogP contribution in [0.3, 0.4) is 0 Å². The SMILES string of the molecule is CC(=O)NC[C@H]1CN(c2ccc(Oc3ccc(Cl)cc3)cc2)C(=O)O1. The third-order valence-electron chi connectivity index (χ3n) is 3.65. The zero-order valence-electron chi connectivity index (χ0n) is 13.6. The summed E-state index contributed by atoms with van der Waals surface area (Å²) in [6.07, 6.45) is -0.789. The van der Waals surface area contributed by atoms with Gasteiger partial charge in [0.25, 0.3) is 0 Å². The van der Waals surface area contributed by atoms with Gasteiger partial charge < -0.3 is 14.8 Å². The summed E-state index contributed by atoms with van der Waals surface area (Å²) in [6, 6.07) is 14.2. The van der Waals surface area contributed by atoms with Crippen molar-refractivity contribution in [3.05, 3.63) is 53.6 Å². The molecule has 1 aliphatic rings. The van der Waals surface area contributed by atoms with Crippen molar-refractivity contribution < 1.29 is 19.1 Å². The molecule has 0 saturated carbocycles. The van der Waals surface area contributed by atoms with E-state index in [1.807, 2.05) is 0 Å². The number of cyclic esters (lactones) is 1. The number of nitrogens with one attached hydrogen (secondary N) is 1. The van der Waals surface area contributed by atoms with E-state index >= 15 is 0 Å². The van der Waals surface area contributed by atoms with Crippen LogP contribution in [0.15, 0.2) is 48.5 Å². The zero-order valence-corrected chi connectivity index (χ0v) is 14.3. The molecule has 1 fully saturated rings. The molecule has 1 saturated heterocycles. The van der Waals surface area contributed by atoms with Crippen LogP contribution in [-0.4, -0.2) is 31.2 Å². The van der Waals surface area contributed by atoms with Gasteiger partial charge >= 0.3 is 6.09 Å². The van der Waals surface area contributed by atoms with Crippen molar-refractivity contribution in [2.24, 2.45) is 0 Å². The number of ether oxygens (including phenoxy) is 2. The fourth-order valence-corrected chi connectivity index (χ4v) is 2.56. The Morgan fingerprint density at radius 2 is 1.80 bits per heavy atom. The van der Waals surface area contributed by atoms with E-state index in [0.29, 0.717) is 35.3 Å². The van der Waals surface area contributed by atoms with Gasteiger partial charge in [0, 0.05) is 17.6 Å². The second-order valence-corrected chi connectivity index (χ2v) is 6.04. The van der Waals surface area contributed by atoms with Gasteiger partial charge in [-0.05, 0) is 48.5 Å². The molecule has 2 aromatic carbocycles. The lowest BCUT2D eigenvalue weighted by Crippen LogP contribution is -2.33. The average Bonchev–Trinajstić information content (AvgIpc) is 2.97. The smallest absolute Gasteiger partial charge is 0.414 e. The maximum atomic E-state index is 12.0. The third-order valence-corrected chi connectivity index (χ3v) is 3.90. The van der Waals surface area contributed by atoms with Gasteiger partial charge in [0.2, 0.25) is 5.91 Å². The molecular weight excluding hydrogens is 344 g/mol. The highest BCUT2D eigenvalue weighted by Crippen LogP contribution is 2.27. The number of amides is 2. The predicted octanol–water partition coefficient (Wildman–Crippen LogP) is 3.59. The Morgan fingerprint density at radius 1 is 1.20 bits per heavy atom. The molecule has 3 rings (SSSR count). The highest BCUT2D eigenvalue weighted by Gasteiger charge is 2.32. The summed E-state index contributed by atoms with van der Waals surface area (Å²) in [5.41, 5.74) is 0.707. The lowest BCUT2D eigenvalue weighted by atomic mass is 10.2. The fraction of sp³-hybridized carbons (Fsp3) is 0.222. The number of hydrogen-bond acceptors (Lipinski definition) is 4. The van der Waals surface area contributed by atoms with E-state index < -0.39 is 6.09 Å². The summed E-state index contributed by atoms with van der Waals surface area (Å²) in [5.74, 6) is 1.17. The molecule has 1 N–H and O–H groups in total. The maximum absolute atomic E-state index is 12.0. The maximum Gasteiger partial charge on any atom is 0.414 e. The van der Waals surface area contributed by atoms with Gasteiger partial charge in [-0.3, -0.25) is 9.69 Å². The van der Waals surface area contributed by atoms with Gasteiger partial charge in [-0.15, -0.1) is 0 Å². The molecule has 0 aromatic heterocycles. The molecule has 1 aliphatic heterocycles. The summed E-state index contributed by atoms with van der Waals surface area (Å²) < 4.78 is 11.0. The lowest BCUT2D eigenvalue weighted by molar-refractivity contribution is -0.119. The summed E-state index contributed by atoms with van der Waals surface area (Å²) >= 11 is 5.85. The number of hydrogen-bond donors (Lipinski definition) is 1. The van der Waals surface area contributed by atoms with Crippen LogP contribution in [0.5, 0.6) is 11.5 Å². The number of benzene rings is 2. The number of anilines is 1. The van der Waals surface area contributed by atoms with Gasteiger partial charge in [-0.1, -0.05) is 11.6 Å². The first-order valence-electron chi connectivity index (χ1n) is 7.77. The standard InChI is InChI=1S/C18H17ClN2O4/c1-12(22)20-10-17-11-21(18(23)25-17)14-4-8-16(9-5-14)24-15-6-2-13(19)3-7-15/h2-9,17H,10-11H2,1H3,(H,20,22)/t17-/m0/s1. The van der Waals surface area contributed by atoms with E-state index in [1.54, 1.807) is 48.5 Å². The molecule has 1 heterocycles. The Labute approximate surface area is 150 Å². The van der Waals surface area contributed by atoms with Crippen LogP contribution >= 0.6 is 11.6 Å². The van der Waals surface area contributed by atoms with Gasteiger partial charge in [-0.2, -0.15) is 0 Å². The molecule has 6 nitrogen and oxygen atoms in total. The molecule has 0 spiro atoms. The topological polar surface area (TPSA) is 67.9 Å². The van der Waals surface area contributed by atoms with E-state index in [9.17, 15) is 9.59 Å². The second-order valence-electron chi connectivity index (χ2n) is 5.60. The van der Waals surface area contributed by atoms with Gasteiger partial charge in [0.05, 0.1) is 13.1 Å². The van der Waals surface area contributed by atoms with Crippen molar-refractivity contribution in [2.75, 3.05) is 18.0 Å². The number of rotatable bonds is 5. The van der Waals surface area contributed by atoms with Crippen LogP contribution in [-0.2, 0) is 9.53 Å². The second kappa shape index (κ2) is 7.44. The molecule has 130 valence electrons. The lowest BCUT2D eigenvalue weighted by Gasteiger charge is -2.14. The van der Waals surface area contributed by atoms with Crippen LogP contribution < -0.4 is 15.0 Å². The first kappa shape index (κ1) is 17.1. The van der Waals surface area contributed by atoms with Gasteiger partial charge in [-0.25, -0.2) is 4.79 Å². The summed E-state index contributed by atoms with van der Waals surface area (Å²) in [4.78, 5) is 24.5. The van der Waals surface area contributed by atoms with Crippen LogP contribution in [0.25, 0.3) is 0 Å². The molecule has 25 heavy (non-hydrogen) atoms. The first-order chi connectivity index (χ1) is 12.0. The molecular formula is C18H17ClN2O4. The minimum atomic E-state index is -0.429. The normalized spacial score (nSPS) is 16.5. The predicted molar refractivity (Wildman–Crippen MR) is 94.3 cm³/mol. The Hall–Kier alpha value is -2.73. The Balaban J connectivity index is 1.63. The number of carbonyl (C=O) groups excluding carboxylic acids is 2. The van der Waals surface area contributed by atoms with Gasteiger partial charge in [0.15, 0.2) is 0 Å². The zero-order chi connectivity index (χ0) is 17.8. The largest absolute Gasteiger partial charge is 0.457 e. The quantitative estimate of drug-likeness (QED) is 0.884. The van der Waals surface area contributed by atoms with Crippen LogP contribution in [0, 0.1) is 0 Å². The summed E-state index contributed by atoms with van der Waals surface area (Å²) in [7, 11) is 0. The molecule has 0 unspecified atom stereocenters. The van der Waals surface area contributed by atoms with Crippen LogP contribution in [0.2, 0.25) is 5.02 Å². The molecule has 2 aromatic rings. The minimum absolute atomic E-state index is 0.154. The highest BCUT2D eigenvalue weighted by molar-refractivity contribution is 6.30.